The van der Waals surface area contributed by atoms with Gasteiger partial charge in [-0.05, 0) is 24.3 Å². The van der Waals surface area contributed by atoms with Crippen molar-refractivity contribution in [2.24, 2.45) is 0 Å². The number of benzene rings is 2. The Kier molecular flexibility index (Phi) is 2.28. The molecule has 0 unspecified atom stereocenters. The van der Waals surface area contributed by atoms with E-state index in [2.05, 4.69) is 0 Å². The summed E-state index contributed by atoms with van der Waals surface area (Å²) in [7, 11) is 0. The fourth-order valence-corrected chi connectivity index (χ4v) is 1.11. The Morgan fingerprint density at radius 1 is 0.769 bits per heavy atom. The first kappa shape index (κ1) is 7.87. The van der Waals surface area contributed by atoms with Gasteiger partial charge in [0.2, 0.25) is 0 Å². The molecule has 1 heteroatoms. The van der Waals surface area contributed by atoms with Crippen LogP contribution in [0.3, 0.4) is 0 Å². The lowest BCUT2D eigenvalue weighted by molar-refractivity contribution is 0.482. The molecule has 0 heterocycles. The van der Waals surface area contributed by atoms with Crippen LogP contribution in [-0.4, -0.2) is 0 Å². The summed E-state index contributed by atoms with van der Waals surface area (Å²) in [5, 5.41) is 0. The first-order chi connectivity index (χ1) is 6.45. The number of ether oxygens (including phenoxy) is 1. The molecule has 0 aliphatic carbocycles. The van der Waals surface area contributed by atoms with Gasteiger partial charge in [-0.1, -0.05) is 36.4 Å². The van der Waals surface area contributed by atoms with E-state index in [1.54, 1.807) is 0 Å². The number of hydrogen-bond acceptors (Lipinski definition) is 1. The van der Waals surface area contributed by atoms with E-state index >= 15 is 0 Å². The second-order valence-electron chi connectivity index (χ2n) is 2.73. The molecule has 13 heavy (non-hydrogen) atoms. The maximum atomic E-state index is 5.58. The Bertz CT molecular complexity index is 316. The van der Waals surface area contributed by atoms with Gasteiger partial charge in [0.15, 0.2) is 0 Å². The van der Waals surface area contributed by atoms with E-state index in [4.69, 9.17) is 4.74 Å². The van der Waals surface area contributed by atoms with Crippen molar-refractivity contribution >= 4 is 0 Å². The van der Waals surface area contributed by atoms with Gasteiger partial charge in [0.25, 0.3) is 0 Å². The van der Waals surface area contributed by atoms with Crippen LogP contribution in [0.2, 0.25) is 0 Å². The maximum Gasteiger partial charge on any atom is 0.127 e. The minimum absolute atomic E-state index is 0.869. The summed E-state index contributed by atoms with van der Waals surface area (Å²) in [6.07, 6.45) is 0. The average molecular weight is 172 g/mol. The van der Waals surface area contributed by atoms with Crippen molar-refractivity contribution in [2.75, 3.05) is 0 Å². The highest BCUT2D eigenvalue weighted by Crippen LogP contribution is 2.19. The zero-order valence-electron chi connectivity index (χ0n) is 7.18. The molecule has 0 radical (unpaired) electrons. The summed E-state index contributed by atoms with van der Waals surface area (Å²) < 4.78 is 5.58. The van der Waals surface area contributed by atoms with Crippen molar-refractivity contribution in [3.05, 3.63) is 60.7 Å². The summed E-state index contributed by atoms with van der Waals surface area (Å²) in [6.45, 7) is 0. The second kappa shape index (κ2) is 3.76. The van der Waals surface area contributed by atoms with Crippen molar-refractivity contribution in [3.8, 4) is 11.5 Å². The minimum Gasteiger partial charge on any atom is -0.457 e. The molecule has 0 aliphatic heterocycles. The van der Waals surface area contributed by atoms with Gasteiger partial charge in [0, 0.05) is 0 Å². The van der Waals surface area contributed by atoms with Crippen molar-refractivity contribution in [3.63, 3.8) is 0 Å². The third kappa shape index (κ3) is 2.09. The lowest BCUT2D eigenvalue weighted by atomic mass is 10.3. The van der Waals surface area contributed by atoms with Gasteiger partial charge in [-0.3, -0.25) is 0 Å². The van der Waals surface area contributed by atoms with Crippen LogP contribution in [0.15, 0.2) is 60.7 Å². The largest absolute Gasteiger partial charge is 0.457 e. The molecule has 0 aromatic heterocycles. The van der Waals surface area contributed by atoms with E-state index in [9.17, 15) is 0 Å². The first-order valence-corrected chi connectivity index (χ1v) is 4.23. The van der Waals surface area contributed by atoms with E-state index in [0.717, 1.165) is 11.5 Å². The Hall–Kier alpha value is -1.76. The molecular formula is C12H10O. The smallest absolute Gasteiger partial charge is 0.127 e. The monoisotopic (exact) mass is 172 g/mol. The molecule has 0 bridgehead atoms. The van der Waals surface area contributed by atoms with Gasteiger partial charge in [-0.25, -0.2) is 0 Å². The van der Waals surface area contributed by atoms with Crippen molar-refractivity contribution in [1.82, 2.24) is 0 Å². The molecule has 0 aliphatic rings. The molecule has 0 spiro atoms. The summed E-state index contributed by atoms with van der Waals surface area (Å²) in [5.74, 6) is 1.74. The number of para-hydroxylation sites is 2. The topological polar surface area (TPSA) is 9.23 Å². The molecule has 2 aromatic carbocycles. The molecule has 0 atom stereocenters. The third-order valence-corrected chi connectivity index (χ3v) is 1.72. The molecule has 2 aromatic rings. The zero-order chi connectivity index (χ0) is 8.93. The predicted molar refractivity (Wildman–Crippen MR) is 53.0 cm³/mol. The fraction of sp³-hybridized carbons (Fsp3) is 0. The van der Waals surface area contributed by atoms with Crippen LogP contribution in [-0.2, 0) is 0 Å². The van der Waals surface area contributed by atoms with Crippen molar-refractivity contribution in [2.45, 2.75) is 0 Å². The average Bonchev–Trinajstić information content (AvgIpc) is 2.21. The summed E-state index contributed by atoms with van der Waals surface area (Å²) >= 11 is 0. The van der Waals surface area contributed by atoms with Gasteiger partial charge in [0.1, 0.15) is 11.5 Å². The first-order valence-electron chi connectivity index (χ1n) is 4.23. The highest BCUT2D eigenvalue weighted by atomic mass is 16.5. The van der Waals surface area contributed by atoms with Gasteiger partial charge >= 0.3 is 0 Å². The summed E-state index contributed by atoms with van der Waals surface area (Å²) in [5.41, 5.74) is 0. The molecule has 0 saturated heterocycles. The Balaban J connectivity index is 2.16. The summed E-state index contributed by atoms with van der Waals surface area (Å²) in [6, 6.07) is 19.5. The van der Waals surface area contributed by atoms with Gasteiger partial charge < -0.3 is 4.74 Å². The quantitative estimate of drug-likeness (QED) is 0.673. The van der Waals surface area contributed by atoms with Crippen molar-refractivity contribution < 1.29 is 4.74 Å². The molecule has 0 fully saturated rings. The van der Waals surface area contributed by atoms with E-state index in [1.165, 1.54) is 0 Å². The molecule has 0 N–H and O–H groups in total. The SMILES string of the molecule is c1ccc(Oc2cc[14cH]cc2)cc1. The predicted octanol–water partition coefficient (Wildman–Crippen LogP) is 3.48. The second-order valence-corrected chi connectivity index (χ2v) is 2.73. The van der Waals surface area contributed by atoms with Gasteiger partial charge in [-0.2, -0.15) is 0 Å². The highest BCUT2D eigenvalue weighted by molar-refractivity contribution is 5.30. The highest BCUT2D eigenvalue weighted by Gasteiger charge is 1.92. The number of rotatable bonds is 2. The Morgan fingerprint density at radius 3 is 2.08 bits per heavy atom. The van der Waals surface area contributed by atoms with E-state index < -0.39 is 0 Å². The molecule has 2 rings (SSSR count). The Labute approximate surface area is 77.6 Å². The van der Waals surface area contributed by atoms with Crippen LogP contribution < -0.4 is 4.74 Å². The maximum absolute atomic E-state index is 5.58. The van der Waals surface area contributed by atoms with Gasteiger partial charge in [-0.15, -0.1) is 0 Å². The van der Waals surface area contributed by atoms with Gasteiger partial charge in [0.05, 0.1) is 0 Å². The van der Waals surface area contributed by atoms with Crippen LogP contribution in [0.5, 0.6) is 11.5 Å². The third-order valence-electron chi connectivity index (χ3n) is 1.72. The van der Waals surface area contributed by atoms with Crippen LogP contribution in [0.25, 0.3) is 0 Å². The van der Waals surface area contributed by atoms with E-state index in [-0.39, 0.29) is 0 Å². The summed E-state index contributed by atoms with van der Waals surface area (Å²) in [4.78, 5) is 0. The molecule has 0 saturated carbocycles. The number of hydrogen-bond donors (Lipinski definition) is 0. The van der Waals surface area contributed by atoms with Crippen LogP contribution in [0, 0.1) is 0 Å². The van der Waals surface area contributed by atoms with Crippen LogP contribution in [0.1, 0.15) is 0 Å². The molecule has 1 nitrogen and oxygen atoms in total. The standard InChI is InChI=1S/C12H10O/c1-3-7-11(8-4-1)13-12-9-5-2-6-10-12/h1-10H/i1+2. The minimum atomic E-state index is 0.869. The Morgan fingerprint density at radius 2 is 1.38 bits per heavy atom. The van der Waals surface area contributed by atoms with Crippen LogP contribution in [0.4, 0.5) is 0 Å². The van der Waals surface area contributed by atoms with E-state index in [1.807, 2.05) is 60.7 Å². The fourth-order valence-electron chi connectivity index (χ4n) is 1.11. The van der Waals surface area contributed by atoms with Crippen molar-refractivity contribution in [1.29, 1.82) is 0 Å². The lowest BCUT2D eigenvalue weighted by Gasteiger charge is -2.03. The molecular weight excluding hydrogens is 162 g/mol. The molecule has 64 valence electrons. The normalized spacial score (nSPS) is 9.54. The van der Waals surface area contributed by atoms with E-state index in [0.29, 0.717) is 0 Å². The lowest BCUT2D eigenvalue weighted by Crippen LogP contribution is -1.81. The van der Waals surface area contributed by atoms with Crippen LogP contribution >= 0.6 is 0 Å². The zero-order valence-corrected chi connectivity index (χ0v) is 7.18. The molecule has 0 amide bonds.